The highest BCUT2D eigenvalue weighted by molar-refractivity contribution is 9.10. The molecule has 4 nitrogen and oxygen atoms in total. The summed E-state index contributed by atoms with van der Waals surface area (Å²) in [6, 6.07) is 20.5. The van der Waals surface area contributed by atoms with E-state index in [1.165, 1.54) is 12.1 Å². The van der Waals surface area contributed by atoms with Gasteiger partial charge in [-0.2, -0.15) is 13.2 Å². The average molecular weight is 571 g/mol. The first-order valence-electron chi connectivity index (χ1n) is 11.3. The highest BCUT2D eigenvalue weighted by atomic mass is 79.9. The Morgan fingerprint density at radius 3 is 2.33 bits per heavy atom. The molecular weight excluding hydrogens is 549 g/mol. The predicted octanol–water partition coefficient (Wildman–Crippen LogP) is 7.45. The van der Waals surface area contributed by atoms with Crippen molar-refractivity contribution in [1.82, 2.24) is 14.9 Å². The lowest BCUT2D eigenvalue weighted by Gasteiger charge is -2.28. The van der Waals surface area contributed by atoms with Crippen LogP contribution < -0.4 is 10.2 Å². The van der Waals surface area contributed by atoms with Crippen LogP contribution in [0.15, 0.2) is 83.5 Å². The number of anilines is 1. The van der Waals surface area contributed by atoms with Gasteiger partial charge in [0.2, 0.25) is 0 Å². The Bertz CT molecular complexity index is 1420. The van der Waals surface area contributed by atoms with Gasteiger partial charge in [0.25, 0.3) is 0 Å². The van der Waals surface area contributed by atoms with Gasteiger partial charge in [-0.15, -0.1) is 0 Å². The number of aryl methyl sites for hydroxylation is 1. The van der Waals surface area contributed by atoms with Crippen molar-refractivity contribution in [2.75, 3.05) is 4.90 Å². The number of halogens is 4. The van der Waals surface area contributed by atoms with E-state index < -0.39 is 11.7 Å². The first-order valence-corrected chi connectivity index (χ1v) is 12.5. The molecule has 4 aromatic rings. The van der Waals surface area contributed by atoms with Gasteiger partial charge < -0.3 is 14.8 Å². The van der Waals surface area contributed by atoms with Crippen molar-refractivity contribution in [3.63, 3.8) is 0 Å². The van der Waals surface area contributed by atoms with E-state index in [-0.39, 0.29) is 17.8 Å². The van der Waals surface area contributed by atoms with Crippen LogP contribution in [0.2, 0.25) is 0 Å². The number of para-hydroxylation sites is 1. The van der Waals surface area contributed by atoms with Gasteiger partial charge in [-0.25, -0.2) is 0 Å². The maximum Gasteiger partial charge on any atom is 0.418 e. The summed E-state index contributed by atoms with van der Waals surface area (Å²) >= 11 is 9.25. The number of pyridine rings is 1. The molecule has 1 aliphatic rings. The number of benzene rings is 2. The van der Waals surface area contributed by atoms with Gasteiger partial charge in [-0.3, -0.25) is 4.98 Å². The monoisotopic (exact) mass is 570 g/mol. The van der Waals surface area contributed by atoms with Crippen LogP contribution in [0.4, 0.5) is 18.9 Å². The largest absolute Gasteiger partial charge is 0.418 e. The molecule has 9 heteroatoms. The summed E-state index contributed by atoms with van der Waals surface area (Å²) in [5, 5.41) is 3.93. The topological polar surface area (TPSA) is 33.1 Å². The molecule has 5 rings (SSSR count). The molecule has 0 radical (unpaired) electrons. The third-order valence-electron chi connectivity index (χ3n) is 6.44. The van der Waals surface area contributed by atoms with Crippen LogP contribution in [-0.4, -0.2) is 14.7 Å². The summed E-state index contributed by atoms with van der Waals surface area (Å²) in [5.41, 5.74) is 3.38. The number of nitrogens with one attached hydrogen (secondary N) is 1. The summed E-state index contributed by atoms with van der Waals surface area (Å²) in [4.78, 5) is 6.58. The standard InChI is InChI=1S/C27H22BrF3N4S/c1-16-15-20(17(2)34(16)23-9-4-3-7-21(23)27(29,30)31)25-24(22-8-5-6-14-32-22)33-26(36)35(25)19-12-10-18(28)11-13-19/h3-15,24-25H,1-2H3,(H,33,36). The Kier molecular flexibility index (Phi) is 6.38. The molecule has 1 saturated heterocycles. The van der Waals surface area contributed by atoms with E-state index in [4.69, 9.17) is 12.2 Å². The second kappa shape index (κ2) is 9.37. The van der Waals surface area contributed by atoms with E-state index in [2.05, 4.69) is 26.2 Å². The number of hydrogen-bond donors (Lipinski definition) is 1. The Morgan fingerprint density at radius 1 is 0.972 bits per heavy atom. The average Bonchev–Trinajstić information content (AvgIpc) is 3.34. The number of thiocarbonyl (C=S) groups is 1. The van der Waals surface area contributed by atoms with Crippen molar-refractivity contribution in [3.8, 4) is 5.69 Å². The minimum Gasteiger partial charge on any atom is -0.351 e. The van der Waals surface area contributed by atoms with Crippen molar-refractivity contribution >= 4 is 38.9 Å². The van der Waals surface area contributed by atoms with Crippen molar-refractivity contribution in [2.24, 2.45) is 0 Å². The van der Waals surface area contributed by atoms with Crippen LogP contribution in [0.5, 0.6) is 0 Å². The van der Waals surface area contributed by atoms with Gasteiger partial charge >= 0.3 is 6.18 Å². The fourth-order valence-corrected chi connectivity index (χ4v) is 5.53. The molecule has 1 fully saturated rings. The van der Waals surface area contributed by atoms with Gasteiger partial charge in [-0.05, 0) is 86.2 Å². The third-order valence-corrected chi connectivity index (χ3v) is 7.29. The summed E-state index contributed by atoms with van der Waals surface area (Å²) in [6.07, 6.45) is -2.75. The third kappa shape index (κ3) is 4.30. The minimum absolute atomic E-state index is 0.101. The van der Waals surface area contributed by atoms with Gasteiger partial charge in [0, 0.05) is 27.7 Å². The van der Waals surface area contributed by atoms with Gasteiger partial charge in [0.1, 0.15) is 0 Å². The van der Waals surface area contributed by atoms with Crippen molar-refractivity contribution in [1.29, 1.82) is 0 Å². The quantitative estimate of drug-likeness (QED) is 0.258. The lowest BCUT2D eigenvalue weighted by Crippen LogP contribution is -2.29. The first kappa shape index (κ1) is 24.5. The summed E-state index contributed by atoms with van der Waals surface area (Å²) < 4.78 is 44.3. The molecule has 0 amide bonds. The zero-order valence-electron chi connectivity index (χ0n) is 19.4. The van der Waals surface area contributed by atoms with Crippen LogP contribution in [0.25, 0.3) is 5.69 Å². The molecule has 0 spiro atoms. The maximum atomic E-state index is 13.9. The van der Waals surface area contributed by atoms with Crippen LogP contribution >= 0.6 is 28.1 Å². The summed E-state index contributed by atoms with van der Waals surface area (Å²) in [6.45, 7) is 3.68. The van der Waals surface area contributed by atoms with Crippen molar-refractivity contribution in [3.05, 3.63) is 112 Å². The highest BCUT2D eigenvalue weighted by Crippen LogP contribution is 2.44. The van der Waals surface area contributed by atoms with Crippen molar-refractivity contribution < 1.29 is 13.2 Å². The molecule has 2 unspecified atom stereocenters. The number of rotatable bonds is 4. The highest BCUT2D eigenvalue weighted by Gasteiger charge is 2.43. The lowest BCUT2D eigenvalue weighted by molar-refractivity contribution is -0.137. The molecule has 0 saturated carbocycles. The molecule has 3 heterocycles. The Morgan fingerprint density at radius 2 is 1.67 bits per heavy atom. The number of alkyl halides is 3. The predicted molar refractivity (Wildman–Crippen MR) is 142 cm³/mol. The number of hydrogen-bond acceptors (Lipinski definition) is 2. The van der Waals surface area contributed by atoms with E-state index in [1.807, 2.05) is 67.3 Å². The summed E-state index contributed by atoms with van der Waals surface area (Å²) in [7, 11) is 0. The lowest BCUT2D eigenvalue weighted by atomic mass is 9.96. The Balaban J connectivity index is 1.70. The van der Waals surface area contributed by atoms with Gasteiger partial charge in [0.05, 0.1) is 29.0 Å². The fraction of sp³-hybridized carbons (Fsp3) is 0.185. The van der Waals surface area contributed by atoms with E-state index in [9.17, 15) is 13.2 Å². The normalized spacial score (nSPS) is 17.9. The number of aromatic nitrogens is 2. The molecular formula is C27H22BrF3N4S. The molecule has 0 aliphatic carbocycles. The molecule has 1 N–H and O–H groups in total. The minimum atomic E-state index is -4.48. The SMILES string of the molecule is Cc1cc(C2C(c3ccccn3)NC(=S)N2c2ccc(Br)cc2)c(C)n1-c1ccccc1C(F)(F)F. The van der Waals surface area contributed by atoms with Crippen molar-refractivity contribution in [2.45, 2.75) is 32.1 Å². The van der Waals surface area contributed by atoms with Gasteiger partial charge in [-0.1, -0.05) is 34.1 Å². The van der Waals surface area contributed by atoms with Crippen LogP contribution in [0, 0.1) is 13.8 Å². The molecule has 2 aromatic heterocycles. The van der Waals surface area contributed by atoms with Crippen LogP contribution in [0.3, 0.4) is 0 Å². The maximum absolute atomic E-state index is 13.9. The molecule has 2 atom stereocenters. The fourth-order valence-electron chi connectivity index (χ4n) is 4.92. The molecule has 36 heavy (non-hydrogen) atoms. The van der Waals surface area contributed by atoms with Crippen LogP contribution in [0.1, 0.15) is 40.3 Å². The number of nitrogens with zero attached hydrogens (tertiary/aromatic N) is 3. The molecule has 2 aromatic carbocycles. The molecule has 184 valence electrons. The molecule has 1 aliphatic heterocycles. The second-order valence-corrected chi connectivity index (χ2v) is 9.95. The van der Waals surface area contributed by atoms with Crippen LogP contribution in [-0.2, 0) is 6.18 Å². The Labute approximate surface area is 220 Å². The summed E-state index contributed by atoms with van der Waals surface area (Å²) in [5.74, 6) is 0. The van der Waals surface area contributed by atoms with E-state index in [1.54, 1.807) is 16.8 Å². The van der Waals surface area contributed by atoms with Gasteiger partial charge in [0.15, 0.2) is 5.11 Å². The zero-order chi connectivity index (χ0) is 25.6. The van der Waals surface area contributed by atoms with E-state index in [0.29, 0.717) is 16.5 Å². The smallest absolute Gasteiger partial charge is 0.351 e. The molecule has 0 bridgehead atoms. The van der Waals surface area contributed by atoms with E-state index in [0.717, 1.165) is 27.5 Å². The van der Waals surface area contributed by atoms with E-state index >= 15 is 0 Å². The zero-order valence-corrected chi connectivity index (χ0v) is 21.8. The first-order chi connectivity index (χ1) is 17.2. The Hall–Kier alpha value is -3.17. The second-order valence-electron chi connectivity index (χ2n) is 8.65.